The van der Waals surface area contributed by atoms with Crippen molar-refractivity contribution in [3.63, 3.8) is 0 Å². The zero-order chi connectivity index (χ0) is 15.2. The van der Waals surface area contributed by atoms with Crippen molar-refractivity contribution in [2.24, 2.45) is 0 Å². The largest absolute Gasteiger partial charge is 0.478 e. The second kappa shape index (κ2) is 6.47. The zero-order valence-electron chi connectivity index (χ0n) is 11.3. The average Bonchev–Trinajstić information content (AvgIpc) is 2.48. The fourth-order valence-electron chi connectivity index (χ4n) is 1.70. The molecular formula is C14H14N4O3. The van der Waals surface area contributed by atoms with Crippen LogP contribution in [0.1, 0.15) is 28.9 Å². The van der Waals surface area contributed by atoms with E-state index in [-0.39, 0.29) is 11.6 Å². The van der Waals surface area contributed by atoms with E-state index in [1.807, 2.05) is 13.0 Å². The number of carboxylic acid groups (broad SMARTS) is 1. The number of anilines is 1. The van der Waals surface area contributed by atoms with E-state index in [2.05, 4.69) is 20.6 Å². The number of pyridine rings is 2. The third-order valence-corrected chi connectivity index (χ3v) is 2.78. The summed E-state index contributed by atoms with van der Waals surface area (Å²) in [6.45, 7) is 1.82. The van der Waals surface area contributed by atoms with Gasteiger partial charge in [-0.3, -0.25) is 9.97 Å². The van der Waals surface area contributed by atoms with Crippen molar-refractivity contribution in [2.45, 2.75) is 13.0 Å². The van der Waals surface area contributed by atoms with E-state index < -0.39 is 12.0 Å². The van der Waals surface area contributed by atoms with E-state index >= 15 is 0 Å². The maximum Gasteiger partial charge on any atom is 0.337 e. The summed E-state index contributed by atoms with van der Waals surface area (Å²) in [5, 5.41) is 14.1. The second-order valence-electron chi connectivity index (χ2n) is 4.37. The van der Waals surface area contributed by atoms with Crippen LogP contribution in [0.2, 0.25) is 0 Å². The predicted octanol–water partition coefficient (Wildman–Crippen LogP) is 2.06. The molecule has 0 saturated heterocycles. The summed E-state index contributed by atoms with van der Waals surface area (Å²) in [7, 11) is 0. The number of nitrogens with zero attached hydrogens (tertiary/aromatic N) is 2. The van der Waals surface area contributed by atoms with Crippen molar-refractivity contribution >= 4 is 17.7 Å². The molecule has 1 unspecified atom stereocenters. The Balaban J connectivity index is 1.99. The first kappa shape index (κ1) is 14.4. The molecule has 0 bridgehead atoms. The highest BCUT2D eigenvalue weighted by Crippen LogP contribution is 2.11. The van der Waals surface area contributed by atoms with Gasteiger partial charge in [0.05, 0.1) is 23.5 Å². The molecule has 3 N–H and O–H groups in total. The smallest absolute Gasteiger partial charge is 0.337 e. The highest BCUT2D eigenvalue weighted by Gasteiger charge is 2.11. The number of rotatable bonds is 4. The Hall–Kier alpha value is -2.96. The number of carbonyl (C=O) groups is 2. The molecule has 21 heavy (non-hydrogen) atoms. The van der Waals surface area contributed by atoms with Crippen molar-refractivity contribution in [3.05, 3.63) is 54.1 Å². The molecule has 2 aromatic rings. The molecule has 0 aromatic carbocycles. The van der Waals surface area contributed by atoms with E-state index in [0.717, 1.165) is 5.56 Å². The molecule has 2 rings (SSSR count). The van der Waals surface area contributed by atoms with Crippen LogP contribution < -0.4 is 10.6 Å². The highest BCUT2D eigenvalue weighted by molar-refractivity contribution is 5.92. The Morgan fingerprint density at radius 1 is 1.24 bits per heavy atom. The molecule has 0 fully saturated rings. The summed E-state index contributed by atoms with van der Waals surface area (Å²) in [6, 6.07) is 4.30. The fraction of sp³-hybridized carbons (Fsp3) is 0.143. The number of amides is 2. The summed E-state index contributed by atoms with van der Waals surface area (Å²) in [6.07, 6.45) is 5.90. The number of urea groups is 1. The van der Waals surface area contributed by atoms with Crippen molar-refractivity contribution in [1.82, 2.24) is 15.3 Å². The lowest BCUT2D eigenvalue weighted by atomic mass is 10.1. The van der Waals surface area contributed by atoms with E-state index in [0.29, 0.717) is 5.69 Å². The molecular weight excluding hydrogens is 272 g/mol. The van der Waals surface area contributed by atoms with Gasteiger partial charge >= 0.3 is 12.0 Å². The fourth-order valence-corrected chi connectivity index (χ4v) is 1.70. The van der Waals surface area contributed by atoms with Crippen LogP contribution in [-0.2, 0) is 0 Å². The SMILES string of the molecule is CC(NC(=O)Nc1cncc(C(=O)O)c1)c1cccnc1. The molecule has 0 aliphatic carbocycles. The number of carbonyl (C=O) groups excluding carboxylic acids is 1. The molecule has 7 nitrogen and oxygen atoms in total. The number of hydrogen-bond acceptors (Lipinski definition) is 4. The number of aromatic nitrogens is 2. The Morgan fingerprint density at radius 2 is 2.05 bits per heavy atom. The number of hydrogen-bond donors (Lipinski definition) is 3. The third-order valence-electron chi connectivity index (χ3n) is 2.78. The first-order valence-corrected chi connectivity index (χ1v) is 6.22. The first-order chi connectivity index (χ1) is 10.1. The van der Waals surface area contributed by atoms with Crippen LogP contribution in [0.15, 0.2) is 43.0 Å². The van der Waals surface area contributed by atoms with Gasteiger partial charge in [0.25, 0.3) is 0 Å². The summed E-state index contributed by atoms with van der Waals surface area (Å²) < 4.78 is 0. The molecule has 0 spiro atoms. The van der Waals surface area contributed by atoms with Gasteiger partial charge in [0.15, 0.2) is 0 Å². The van der Waals surface area contributed by atoms with Gasteiger partial charge in [-0.25, -0.2) is 9.59 Å². The molecule has 0 radical (unpaired) electrons. The predicted molar refractivity (Wildman–Crippen MR) is 76.0 cm³/mol. The Morgan fingerprint density at radius 3 is 2.71 bits per heavy atom. The normalized spacial score (nSPS) is 11.5. The van der Waals surface area contributed by atoms with Crippen LogP contribution in [0.4, 0.5) is 10.5 Å². The lowest BCUT2D eigenvalue weighted by Gasteiger charge is -2.14. The molecule has 7 heteroatoms. The Kier molecular flexibility index (Phi) is 4.45. The van der Waals surface area contributed by atoms with Crippen LogP contribution in [-0.4, -0.2) is 27.1 Å². The second-order valence-corrected chi connectivity index (χ2v) is 4.37. The van der Waals surface area contributed by atoms with E-state index in [1.165, 1.54) is 18.5 Å². The monoisotopic (exact) mass is 286 g/mol. The molecule has 2 amide bonds. The van der Waals surface area contributed by atoms with E-state index in [1.54, 1.807) is 18.5 Å². The summed E-state index contributed by atoms with van der Waals surface area (Å²) in [5.41, 5.74) is 1.18. The van der Waals surface area contributed by atoms with Gasteiger partial charge in [-0.2, -0.15) is 0 Å². The summed E-state index contributed by atoms with van der Waals surface area (Å²) in [5.74, 6) is -1.10. The summed E-state index contributed by atoms with van der Waals surface area (Å²) >= 11 is 0. The number of nitrogens with one attached hydrogen (secondary N) is 2. The van der Waals surface area contributed by atoms with Crippen molar-refractivity contribution in [2.75, 3.05) is 5.32 Å². The molecule has 108 valence electrons. The van der Waals surface area contributed by atoms with Gasteiger partial charge in [-0.1, -0.05) is 6.07 Å². The van der Waals surface area contributed by atoms with Crippen molar-refractivity contribution in [1.29, 1.82) is 0 Å². The molecule has 0 saturated carbocycles. The van der Waals surface area contributed by atoms with Gasteiger partial charge in [-0.05, 0) is 24.6 Å². The van der Waals surface area contributed by atoms with Crippen LogP contribution in [0.3, 0.4) is 0 Å². The quantitative estimate of drug-likeness (QED) is 0.798. The number of aromatic carboxylic acids is 1. The van der Waals surface area contributed by atoms with Gasteiger partial charge in [0.2, 0.25) is 0 Å². The van der Waals surface area contributed by atoms with Crippen LogP contribution in [0, 0.1) is 0 Å². The minimum absolute atomic E-state index is 0.00751. The number of carboxylic acids is 1. The van der Waals surface area contributed by atoms with E-state index in [9.17, 15) is 9.59 Å². The van der Waals surface area contributed by atoms with Gasteiger partial charge < -0.3 is 15.7 Å². The van der Waals surface area contributed by atoms with Gasteiger partial charge in [0, 0.05) is 18.6 Å². The van der Waals surface area contributed by atoms with Gasteiger partial charge in [0.1, 0.15) is 0 Å². The topological polar surface area (TPSA) is 104 Å². The maximum absolute atomic E-state index is 11.9. The molecule has 1 atom stereocenters. The highest BCUT2D eigenvalue weighted by atomic mass is 16.4. The minimum Gasteiger partial charge on any atom is -0.478 e. The average molecular weight is 286 g/mol. The molecule has 0 aliphatic rings. The lowest BCUT2D eigenvalue weighted by Crippen LogP contribution is -2.31. The third kappa shape index (κ3) is 4.00. The van der Waals surface area contributed by atoms with E-state index in [4.69, 9.17) is 5.11 Å². The first-order valence-electron chi connectivity index (χ1n) is 6.22. The minimum atomic E-state index is -1.10. The van der Waals surface area contributed by atoms with Crippen molar-refractivity contribution < 1.29 is 14.7 Å². The molecule has 2 heterocycles. The Labute approximate surface area is 121 Å². The summed E-state index contributed by atoms with van der Waals surface area (Å²) in [4.78, 5) is 30.4. The Bertz CT molecular complexity index is 646. The van der Waals surface area contributed by atoms with Gasteiger partial charge in [-0.15, -0.1) is 0 Å². The lowest BCUT2D eigenvalue weighted by molar-refractivity contribution is 0.0696. The standard InChI is InChI=1S/C14H14N4O3/c1-9(10-3-2-4-15-6-10)17-14(21)18-12-5-11(13(19)20)7-16-8-12/h2-9H,1H3,(H,19,20)(H2,17,18,21). The molecule has 0 aliphatic heterocycles. The molecule has 2 aromatic heterocycles. The van der Waals surface area contributed by atoms with Crippen LogP contribution >= 0.6 is 0 Å². The maximum atomic E-state index is 11.9. The van der Waals surface area contributed by atoms with Crippen molar-refractivity contribution in [3.8, 4) is 0 Å². The van der Waals surface area contributed by atoms with Crippen LogP contribution in [0.25, 0.3) is 0 Å². The van der Waals surface area contributed by atoms with Crippen LogP contribution in [0.5, 0.6) is 0 Å². The zero-order valence-corrected chi connectivity index (χ0v) is 11.3.